The summed E-state index contributed by atoms with van der Waals surface area (Å²) < 4.78 is 75.0. The van der Waals surface area contributed by atoms with Crippen LogP contribution in [0, 0.1) is 0 Å². The van der Waals surface area contributed by atoms with Gasteiger partial charge in [0, 0.05) is 11.1 Å². The molecule has 0 saturated heterocycles. The maximum atomic E-state index is 13.2. The van der Waals surface area contributed by atoms with Crippen LogP contribution >= 0.6 is 11.6 Å². The predicted molar refractivity (Wildman–Crippen MR) is 107 cm³/mol. The van der Waals surface area contributed by atoms with E-state index in [1.165, 1.54) is 38.5 Å². The molecule has 0 aliphatic heterocycles. The number of ether oxygens (including phenoxy) is 2. The van der Waals surface area contributed by atoms with Gasteiger partial charge in [-0.25, -0.2) is 8.42 Å². The van der Waals surface area contributed by atoms with Gasteiger partial charge >= 0.3 is 6.18 Å². The Hall–Kier alpha value is -2.66. The fraction of sp³-hybridized carbons (Fsp3) is 0.278. The minimum Gasteiger partial charge on any atom is -0.493 e. The molecular formula is C18H18ClF3N2O5S. The van der Waals surface area contributed by atoms with Gasteiger partial charge in [-0.2, -0.15) is 13.2 Å². The first-order valence-corrected chi connectivity index (χ1v) is 10.5. The molecule has 0 saturated carbocycles. The quantitative estimate of drug-likeness (QED) is 0.671. The Morgan fingerprint density at radius 1 is 1.10 bits per heavy atom. The Balaban J connectivity index is 2.35. The van der Waals surface area contributed by atoms with Crippen molar-refractivity contribution >= 4 is 38.9 Å². The summed E-state index contributed by atoms with van der Waals surface area (Å²) in [5, 5.41) is 1.92. The van der Waals surface area contributed by atoms with Crippen LogP contribution in [-0.2, 0) is 21.0 Å². The molecule has 0 atom stereocenters. The Labute approximate surface area is 176 Å². The van der Waals surface area contributed by atoms with E-state index in [1.54, 1.807) is 0 Å². The molecule has 0 aliphatic rings. The minimum atomic E-state index is -4.77. The number of carbonyl (C=O) groups excluding carboxylic acids is 1. The van der Waals surface area contributed by atoms with Crippen molar-refractivity contribution in [3.05, 3.63) is 47.0 Å². The number of carbonyl (C=O) groups is 1. The number of benzene rings is 2. The van der Waals surface area contributed by atoms with Crippen LogP contribution in [0.1, 0.15) is 5.56 Å². The van der Waals surface area contributed by atoms with E-state index in [9.17, 15) is 26.4 Å². The number of sulfonamides is 1. The highest BCUT2D eigenvalue weighted by atomic mass is 35.5. The third-order valence-corrected chi connectivity index (χ3v) is 5.28. The van der Waals surface area contributed by atoms with E-state index in [0.29, 0.717) is 11.8 Å². The molecule has 0 fully saturated rings. The van der Waals surface area contributed by atoms with E-state index in [0.717, 1.165) is 16.6 Å². The van der Waals surface area contributed by atoms with Gasteiger partial charge in [-0.05, 0) is 30.3 Å². The van der Waals surface area contributed by atoms with Crippen molar-refractivity contribution in [2.75, 3.05) is 36.6 Å². The molecule has 164 valence electrons. The molecule has 2 aromatic carbocycles. The first-order valence-electron chi connectivity index (χ1n) is 8.23. The lowest BCUT2D eigenvalue weighted by Gasteiger charge is -2.23. The molecule has 0 unspecified atom stereocenters. The van der Waals surface area contributed by atoms with Crippen molar-refractivity contribution in [3.8, 4) is 11.5 Å². The molecule has 0 aromatic heterocycles. The molecule has 1 amide bonds. The van der Waals surface area contributed by atoms with Crippen LogP contribution in [0.5, 0.6) is 11.5 Å². The van der Waals surface area contributed by atoms with Crippen LogP contribution in [0.25, 0.3) is 0 Å². The fourth-order valence-corrected chi connectivity index (χ4v) is 3.58. The SMILES string of the molecule is COc1ccc(N(CC(=O)Nc2ccc(Cl)cc2C(F)(F)F)S(C)(=O)=O)cc1OC. The molecular weight excluding hydrogens is 449 g/mol. The monoisotopic (exact) mass is 466 g/mol. The van der Waals surface area contributed by atoms with Crippen LogP contribution < -0.4 is 19.1 Å². The summed E-state index contributed by atoms with van der Waals surface area (Å²) in [6.45, 7) is -0.770. The summed E-state index contributed by atoms with van der Waals surface area (Å²) in [5.41, 5.74) is -1.63. The number of methoxy groups -OCH3 is 2. The highest BCUT2D eigenvalue weighted by Gasteiger charge is 2.34. The number of hydrogen-bond acceptors (Lipinski definition) is 5. The van der Waals surface area contributed by atoms with Gasteiger partial charge in [0.1, 0.15) is 6.54 Å². The molecule has 0 bridgehead atoms. The molecule has 7 nitrogen and oxygen atoms in total. The van der Waals surface area contributed by atoms with Crippen molar-refractivity contribution in [2.45, 2.75) is 6.18 Å². The van der Waals surface area contributed by atoms with E-state index in [1.807, 2.05) is 0 Å². The minimum absolute atomic E-state index is 0.0671. The number of rotatable bonds is 7. The Morgan fingerprint density at radius 3 is 2.27 bits per heavy atom. The van der Waals surface area contributed by atoms with Gasteiger partial charge in [0.25, 0.3) is 0 Å². The molecule has 30 heavy (non-hydrogen) atoms. The van der Waals surface area contributed by atoms with E-state index < -0.39 is 39.9 Å². The molecule has 0 aliphatic carbocycles. The highest BCUT2D eigenvalue weighted by Crippen LogP contribution is 2.37. The standard InChI is InChI=1S/C18H18ClF3N2O5S/c1-28-15-7-5-12(9-16(15)29-2)24(30(3,26)27)10-17(25)23-14-6-4-11(19)8-13(14)18(20,21)22/h4-9H,10H2,1-3H3,(H,23,25). The summed E-state index contributed by atoms with van der Waals surface area (Å²) in [4.78, 5) is 12.4. The lowest BCUT2D eigenvalue weighted by Crippen LogP contribution is -2.37. The summed E-state index contributed by atoms with van der Waals surface area (Å²) in [6.07, 6.45) is -3.91. The first kappa shape index (κ1) is 23.6. The topological polar surface area (TPSA) is 84.9 Å². The van der Waals surface area contributed by atoms with Gasteiger partial charge in [0.2, 0.25) is 15.9 Å². The Morgan fingerprint density at radius 2 is 1.73 bits per heavy atom. The second kappa shape index (κ2) is 9.00. The van der Waals surface area contributed by atoms with Crippen LogP contribution in [0.15, 0.2) is 36.4 Å². The number of halogens is 4. The van der Waals surface area contributed by atoms with Crippen molar-refractivity contribution in [1.29, 1.82) is 0 Å². The molecule has 0 radical (unpaired) electrons. The number of anilines is 2. The third kappa shape index (κ3) is 5.70. The van der Waals surface area contributed by atoms with Gasteiger partial charge < -0.3 is 14.8 Å². The van der Waals surface area contributed by atoms with Gasteiger partial charge in [-0.15, -0.1) is 0 Å². The summed E-state index contributed by atoms with van der Waals surface area (Å²) in [5.74, 6) is -0.445. The first-order chi connectivity index (χ1) is 13.9. The van der Waals surface area contributed by atoms with E-state index in [4.69, 9.17) is 21.1 Å². The summed E-state index contributed by atoms with van der Waals surface area (Å²) in [7, 11) is -1.22. The Bertz CT molecular complexity index is 1040. The molecule has 2 rings (SSSR count). The zero-order valence-corrected chi connectivity index (χ0v) is 17.7. The van der Waals surface area contributed by atoms with Crippen molar-refractivity contribution in [3.63, 3.8) is 0 Å². The zero-order chi connectivity index (χ0) is 22.7. The molecule has 2 aromatic rings. The second-order valence-corrected chi connectivity index (χ2v) is 8.39. The number of amides is 1. The summed E-state index contributed by atoms with van der Waals surface area (Å²) >= 11 is 5.61. The van der Waals surface area contributed by atoms with Crippen LogP contribution in [-0.4, -0.2) is 41.3 Å². The average molecular weight is 467 g/mol. The van der Waals surface area contributed by atoms with Crippen LogP contribution in [0.4, 0.5) is 24.5 Å². The Kier molecular flexibility index (Phi) is 7.09. The lowest BCUT2D eigenvalue weighted by atomic mass is 10.1. The van der Waals surface area contributed by atoms with Gasteiger partial charge in [-0.3, -0.25) is 9.10 Å². The van der Waals surface area contributed by atoms with E-state index in [-0.39, 0.29) is 16.5 Å². The van der Waals surface area contributed by atoms with Crippen LogP contribution in [0.3, 0.4) is 0 Å². The third-order valence-electron chi connectivity index (χ3n) is 3.90. The van der Waals surface area contributed by atoms with Crippen molar-refractivity contribution < 1.29 is 35.9 Å². The maximum absolute atomic E-state index is 13.2. The predicted octanol–water partition coefficient (Wildman–Crippen LogP) is 3.78. The number of hydrogen-bond donors (Lipinski definition) is 1. The average Bonchev–Trinajstić information content (AvgIpc) is 2.65. The van der Waals surface area contributed by atoms with Crippen molar-refractivity contribution in [2.24, 2.45) is 0 Å². The summed E-state index contributed by atoms with van der Waals surface area (Å²) in [6, 6.07) is 6.97. The molecule has 12 heteroatoms. The van der Waals surface area contributed by atoms with Gasteiger partial charge in [-0.1, -0.05) is 11.6 Å². The highest BCUT2D eigenvalue weighted by molar-refractivity contribution is 7.92. The van der Waals surface area contributed by atoms with Gasteiger partial charge in [0.05, 0.1) is 37.4 Å². The molecule has 0 heterocycles. The fourth-order valence-electron chi connectivity index (χ4n) is 2.56. The van der Waals surface area contributed by atoms with Crippen LogP contribution in [0.2, 0.25) is 5.02 Å². The second-order valence-electron chi connectivity index (χ2n) is 6.04. The molecule has 0 spiro atoms. The van der Waals surface area contributed by atoms with E-state index >= 15 is 0 Å². The normalized spacial score (nSPS) is 11.7. The zero-order valence-electron chi connectivity index (χ0n) is 16.1. The maximum Gasteiger partial charge on any atom is 0.418 e. The lowest BCUT2D eigenvalue weighted by molar-refractivity contribution is -0.137. The van der Waals surface area contributed by atoms with E-state index in [2.05, 4.69) is 5.32 Å². The van der Waals surface area contributed by atoms with Gasteiger partial charge in [0.15, 0.2) is 11.5 Å². The number of nitrogens with zero attached hydrogens (tertiary/aromatic N) is 1. The number of alkyl halides is 3. The smallest absolute Gasteiger partial charge is 0.418 e. The van der Waals surface area contributed by atoms with Crippen molar-refractivity contribution in [1.82, 2.24) is 0 Å². The largest absolute Gasteiger partial charge is 0.493 e. The number of nitrogens with one attached hydrogen (secondary N) is 1. The molecule has 1 N–H and O–H groups in total.